The Morgan fingerprint density at radius 3 is 3.06 bits per heavy atom. The number of rotatable bonds is 3. The summed E-state index contributed by atoms with van der Waals surface area (Å²) < 4.78 is 6.40. The van der Waals surface area contributed by atoms with Gasteiger partial charge in [0.15, 0.2) is 6.23 Å². The van der Waals surface area contributed by atoms with E-state index in [0.717, 1.165) is 4.57 Å². The predicted molar refractivity (Wildman–Crippen MR) is 58.4 cm³/mol. The third kappa shape index (κ3) is 2.07. The molecule has 1 aliphatic heterocycles. The number of aromatic nitrogens is 2. The lowest BCUT2D eigenvalue weighted by molar-refractivity contribution is -0.0531. The molecule has 0 spiro atoms. The van der Waals surface area contributed by atoms with Crippen LogP contribution in [0.1, 0.15) is 6.23 Å². The van der Waals surface area contributed by atoms with Gasteiger partial charge >= 0.3 is 5.69 Å². The van der Waals surface area contributed by atoms with E-state index >= 15 is 0 Å². The highest BCUT2D eigenvalue weighted by Crippen LogP contribution is 2.30. The SMILES string of the molecule is [N-]=[N+]=NC1[C@@H](CO)O[C@@H](n2cccnc2=O)[C@H]1O. The first kappa shape index (κ1) is 12.5. The van der Waals surface area contributed by atoms with Gasteiger partial charge in [-0.05, 0) is 11.6 Å². The molecule has 1 aromatic rings. The van der Waals surface area contributed by atoms with Crippen LogP contribution in [-0.4, -0.2) is 44.6 Å². The molecule has 9 heteroatoms. The summed E-state index contributed by atoms with van der Waals surface area (Å²) in [6, 6.07) is 0.559. The molecule has 2 N–H and O–H groups in total. The van der Waals surface area contributed by atoms with Crippen molar-refractivity contribution >= 4 is 0 Å². The number of aliphatic hydroxyl groups excluding tert-OH is 2. The molecule has 18 heavy (non-hydrogen) atoms. The number of azide groups is 1. The smallest absolute Gasteiger partial charge is 0.349 e. The van der Waals surface area contributed by atoms with Crippen molar-refractivity contribution < 1.29 is 14.9 Å². The predicted octanol–water partition coefficient (Wildman–Crippen LogP) is -0.827. The molecule has 0 bridgehead atoms. The van der Waals surface area contributed by atoms with Crippen molar-refractivity contribution in [3.8, 4) is 0 Å². The van der Waals surface area contributed by atoms with Crippen molar-refractivity contribution in [3.05, 3.63) is 39.4 Å². The molecule has 1 aromatic heterocycles. The molecule has 0 aliphatic carbocycles. The lowest BCUT2D eigenvalue weighted by Crippen LogP contribution is -2.34. The molecule has 1 unspecified atom stereocenters. The monoisotopic (exact) mass is 253 g/mol. The fourth-order valence-corrected chi connectivity index (χ4v) is 1.87. The Bertz CT molecular complexity index is 526. The second kappa shape index (κ2) is 5.15. The van der Waals surface area contributed by atoms with E-state index in [4.69, 9.17) is 15.4 Å². The van der Waals surface area contributed by atoms with E-state index in [1.54, 1.807) is 0 Å². The van der Waals surface area contributed by atoms with E-state index in [1.807, 2.05) is 0 Å². The Morgan fingerprint density at radius 1 is 1.67 bits per heavy atom. The summed E-state index contributed by atoms with van der Waals surface area (Å²) in [5, 5.41) is 22.4. The van der Waals surface area contributed by atoms with Crippen molar-refractivity contribution in [2.75, 3.05) is 6.61 Å². The van der Waals surface area contributed by atoms with Crippen molar-refractivity contribution in [3.63, 3.8) is 0 Å². The molecule has 2 rings (SSSR count). The van der Waals surface area contributed by atoms with Crippen LogP contribution in [0.15, 0.2) is 28.4 Å². The average Bonchev–Trinajstić information content (AvgIpc) is 2.68. The van der Waals surface area contributed by atoms with Gasteiger partial charge in [-0.3, -0.25) is 4.57 Å². The first-order valence-corrected chi connectivity index (χ1v) is 5.20. The summed E-state index contributed by atoms with van der Waals surface area (Å²) >= 11 is 0. The number of ether oxygens (including phenoxy) is 1. The zero-order chi connectivity index (χ0) is 13.1. The Hall–Kier alpha value is -1.93. The highest BCUT2D eigenvalue weighted by Gasteiger charge is 2.44. The van der Waals surface area contributed by atoms with Crippen molar-refractivity contribution in [1.82, 2.24) is 9.55 Å². The fourth-order valence-electron chi connectivity index (χ4n) is 1.87. The van der Waals surface area contributed by atoms with Gasteiger partial charge in [-0.1, -0.05) is 5.11 Å². The van der Waals surface area contributed by atoms with Crippen LogP contribution in [0.5, 0.6) is 0 Å². The van der Waals surface area contributed by atoms with E-state index in [2.05, 4.69) is 15.0 Å². The van der Waals surface area contributed by atoms with Crippen molar-refractivity contribution in [1.29, 1.82) is 0 Å². The first-order valence-electron chi connectivity index (χ1n) is 5.20. The molecular formula is C9H11N5O4. The maximum atomic E-state index is 11.5. The highest BCUT2D eigenvalue weighted by atomic mass is 16.5. The molecule has 1 fully saturated rings. The molecule has 0 aromatic carbocycles. The summed E-state index contributed by atoms with van der Waals surface area (Å²) in [6.07, 6.45) is -0.392. The normalized spacial score (nSPS) is 31.0. The lowest BCUT2D eigenvalue weighted by atomic mass is 10.1. The molecular weight excluding hydrogens is 242 g/mol. The Labute approximate surface area is 101 Å². The summed E-state index contributed by atoms with van der Waals surface area (Å²) in [6.45, 7) is -0.424. The van der Waals surface area contributed by atoms with E-state index < -0.39 is 36.8 Å². The number of hydrogen-bond acceptors (Lipinski definition) is 6. The van der Waals surface area contributed by atoms with Crippen LogP contribution in [0.25, 0.3) is 10.4 Å². The Morgan fingerprint density at radius 2 is 2.44 bits per heavy atom. The maximum Gasteiger partial charge on any atom is 0.349 e. The van der Waals surface area contributed by atoms with E-state index in [0.29, 0.717) is 0 Å². The fraction of sp³-hybridized carbons (Fsp3) is 0.556. The van der Waals surface area contributed by atoms with Crippen LogP contribution >= 0.6 is 0 Å². The number of hydrogen-bond donors (Lipinski definition) is 2. The lowest BCUT2D eigenvalue weighted by Gasteiger charge is -2.16. The van der Waals surface area contributed by atoms with E-state index in [1.165, 1.54) is 18.5 Å². The van der Waals surface area contributed by atoms with Gasteiger partial charge < -0.3 is 14.9 Å². The zero-order valence-electron chi connectivity index (χ0n) is 9.20. The Kier molecular flexibility index (Phi) is 3.58. The summed E-state index contributed by atoms with van der Waals surface area (Å²) in [4.78, 5) is 17.6. The standard InChI is InChI=1S/C9H11N5O4/c10-13-12-6-5(4-15)18-8(7(6)16)14-3-1-2-11-9(14)17/h1-3,5-8,15-16H,4H2/t5-,6?,7+,8-/m1/s1. The van der Waals surface area contributed by atoms with Gasteiger partial charge in [-0.15, -0.1) is 0 Å². The molecule has 9 nitrogen and oxygen atoms in total. The van der Waals surface area contributed by atoms with Crippen LogP contribution in [0.2, 0.25) is 0 Å². The van der Waals surface area contributed by atoms with Gasteiger partial charge in [0.25, 0.3) is 0 Å². The maximum absolute atomic E-state index is 11.5. The van der Waals surface area contributed by atoms with Crippen LogP contribution in [0.4, 0.5) is 0 Å². The van der Waals surface area contributed by atoms with E-state index in [-0.39, 0.29) is 0 Å². The largest absolute Gasteiger partial charge is 0.394 e. The van der Waals surface area contributed by atoms with Crippen LogP contribution in [0, 0.1) is 0 Å². The molecule has 2 heterocycles. The second-order valence-electron chi connectivity index (χ2n) is 3.74. The highest BCUT2D eigenvalue weighted by molar-refractivity contribution is 4.96. The molecule has 1 aliphatic rings. The van der Waals surface area contributed by atoms with Crippen molar-refractivity contribution in [2.24, 2.45) is 5.11 Å². The number of nitrogens with zero attached hydrogens (tertiary/aromatic N) is 5. The van der Waals surface area contributed by atoms with Gasteiger partial charge in [-0.2, -0.15) is 0 Å². The van der Waals surface area contributed by atoms with Crippen LogP contribution < -0.4 is 5.69 Å². The summed E-state index contributed by atoms with van der Waals surface area (Å²) in [5.74, 6) is 0. The Balaban J connectivity index is 2.34. The number of aliphatic hydroxyl groups is 2. The van der Waals surface area contributed by atoms with Gasteiger partial charge in [0.05, 0.1) is 18.8 Å². The van der Waals surface area contributed by atoms with Gasteiger partial charge in [0.2, 0.25) is 0 Å². The minimum atomic E-state index is -1.22. The zero-order valence-corrected chi connectivity index (χ0v) is 9.20. The van der Waals surface area contributed by atoms with E-state index in [9.17, 15) is 9.90 Å². The minimum absolute atomic E-state index is 0.424. The molecule has 4 atom stereocenters. The van der Waals surface area contributed by atoms with Gasteiger partial charge in [0.1, 0.15) is 6.10 Å². The molecule has 0 amide bonds. The molecule has 0 radical (unpaired) electrons. The first-order chi connectivity index (χ1) is 8.69. The third-order valence-corrected chi connectivity index (χ3v) is 2.71. The second-order valence-corrected chi connectivity index (χ2v) is 3.74. The van der Waals surface area contributed by atoms with Crippen LogP contribution in [-0.2, 0) is 4.74 Å². The topological polar surface area (TPSA) is 133 Å². The van der Waals surface area contributed by atoms with Crippen LogP contribution in [0.3, 0.4) is 0 Å². The van der Waals surface area contributed by atoms with Gasteiger partial charge in [-0.25, -0.2) is 9.78 Å². The summed E-state index contributed by atoms with van der Waals surface area (Å²) in [5.41, 5.74) is 7.80. The average molecular weight is 253 g/mol. The van der Waals surface area contributed by atoms with Gasteiger partial charge in [0, 0.05) is 17.3 Å². The van der Waals surface area contributed by atoms with Crippen molar-refractivity contribution in [2.45, 2.75) is 24.5 Å². The third-order valence-electron chi connectivity index (χ3n) is 2.71. The molecule has 0 saturated carbocycles. The molecule has 1 saturated heterocycles. The summed E-state index contributed by atoms with van der Waals surface area (Å²) in [7, 11) is 0. The quantitative estimate of drug-likeness (QED) is 0.412. The minimum Gasteiger partial charge on any atom is -0.394 e. The molecule has 96 valence electrons.